The van der Waals surface area contributed by atoms with Crippen LogP contribution in [0.25, 0.3) is 0 Å². The number of nitrogens with zero attached hydrogens (tertiary/aromatic N) is 2. The van der Waals surface area contributed by atoms with Gasteiger partial charge in [-0.15, -0.1) is 0 Å². The van der Waals surface area contributed by atoms with Gasteiger partial charge in [0.25, 0.3) is 10.0 Å². The summed E-state index contributed by atoms with van der Waals surface area (Å²) in [4.78, 5) is 28.1. The Morgan fingerprint density at radius 2 is 1.60 bits per heavy atom. The van der Waals surface area contributed by atoms with Crippen LogP contribution < -0.4 is 9.62 Å². The summed E-state index contributed by atoms with van der Waals surface area (Å²) >= 11 is 5.81. The number of alkyl halides is 3. The van der Waals surface area contributed by atoms with E-state index in [-0.39, 0.29) is 17.5 Å². The van der Waals surface area contributed by atoms with E-state index >= 15 is 0 Å². The lowest BCUT2D eigenvalue weighted by atomic mass is 10.1. The average molecular weight is 638 g/mol. The normalized spacial score (nSPS) is 13.2. The van der Waals surface area contributed by atoms with Crippen LogP contribution >= 0.6 is 11.6 Å². The fourth-order valence-electron chi connectivity index (χ4n) is 4.29. The first kappa shape index (κ1) is 33.9. The van der Waals surface area contributed by atoms with Gasteiger partial charge in [-0.2, -0.15) is 13.2 Å². The van der Waals surface area contributed by atoms with Crippen molar-refractivity contribution < 1.29 is 31.2 Å². The van der Waals surface area contributed by atoms with Crippen molar-refractivity contribution in [2.75, 3.05) is 17.4 Å². The maximum Gasteiger partial charge on any atom is 0.417 e. The van der Waals surface area contributed by atoms with Gasteiger partial charge in [0.15, 0.2) is 0 Å². The van der Waals surface area contributed by atoms with Gasteiger partial charge in [-0.3, -0.25) is 13.9 Å². The van der Waals surface area contributed by atoms with E-state index in [0.29, 0.717) is 23.2 Å². The molecule has 7 nitrogen and oxygen atoms in total. The molecule has 0 aliphatic rings. The molecular formula is C31H35ClF3N3O4S. The zero-order valence-corrected chi connectivity index (χ0v) is 25.9. The molecule has 232 valence electrons. The molecule has 43 heavy (non-hydrogen) atoms. The van der Waals surface area contributed by atoms with E-state index in [0.717, 1.165) is 23.3 Å². The van der Waals surface area contributed by atoms with E-state index in [1.165, 1.54) is 24.0 Å². The van der Waals surface area contributed by atoms with Crippen LogP contribution in [0.15, 0.2) is 77.7 Å². The molecule has 2 amide bonds. The molecule has 0 aromatic heterocycles. The van der Waals surface area contributed by atoms with Gasteiger partial charge < -0.3 is 10.2 Å². The van der Waals surface area contributed by atoms with Gasteiger partial charge in [-0.25, -0.2) is 8.42 Å². The summed E-state index contributed by atoms with van der Waals surface area (Å²) in [5.74, 6) is -1.20. The van der Waals surface area contributed by atoms with Gasteiger partial charge >= 0.3 is 6.18 Å². The maximum atomic E-state index is 13.9. The monoisotopic (exact) mass is 637 g/mol. The van der Waals surface area contributed by atoms with Gasteiger partial charge in [0.1, 0.15) is 12.6 Å². The van der Waals surface area contributed by atoms with Crippen LogP contribution in [0.2, 0.25) is 5.02 Å². The van der Waals surface area contributed by atoms with E-state index in [4.69, 9.17) is 11.6 Å². The molecule has 0 saturated carbocycles. The SMILES string of the molecule is CCC(C)NC(=O)C(C)N(CCc1ccccc1)C(=O)CN(c1ccc(Cl)c(C(F)(F)F)c1)S(=O)(=O)c1ccc(C)cc1. The molecule has 0 aliphatic heterocycles. The molecule has 0 aliphatic carbocycles. The number of carbonyl (C=O) groups is 2. The maximum absolute atomic E-state index is 13.9. The number of carbonyl (C=O) groups excluding carboxylic acids is 2. The number of anilines is 1. The zero-order valence-electron chi connectivity index (χ0n) is 24.4. The molecule has 2 unspecified atom stereocenters. The van der Waals surface area contributed by atoms with Crippen LogP contribution in [0, 0.1) is 6.92 Å². The molecule has 12 heteroatoms. The van der Waals surface area contributed by atoms with E-state index in [9.17, 15) is 31.2 Å². The lowest BCUT2D eigenvalue weighted by Gasteiger charge is -2.32. The first-order valence-electron chi connectivity index (χ1n) is 13.7. The first-order chi connectivity index (χ1) is 20.1. The Labute approximate surface area is 255 Å². The van der Waals surface area contributed by atoms with E-state index in [2.05, 4.69) is 5.32 Å². The molecule has 1 N–H and O–H groups in total. The Kier molecular flexibility index (Phi) is 11.3. The number of halogens is 4. The van der Waals surface area contributed by atoms with Crippen molar-refractivity contribution in [3.8, 4) is 0 Å². The van der Waals surface area contributed by atoms with E-state index in [1.807, 2.05) is 44.2 Å². The summed E-state index contributed by atoms with van der Waals surface area (Å²) in [7, 11) is -4.54. The van der Waals surface area contributed by atoms with Gasteiger partial charge in [-0.05, 0) is 69.5 Å². The molecule has 0 bridgehead atoms. The third-order valence-electron chi connectivity index (χ3n) is 7.08. The van der Waals surface area contributed by atoms with Crippen molar-refractivity contribution in [3.63, 3.8) is 0 Å². The van der Waals surface area contributed by atoms with E-state index < -0.39 is 56.9 Å². The van der Waals surface area contributed by atoms with E-state index in [1.54, 1.807) is 19.1 Å². The van der Waals surface area contributed by atoms with Crippen molar-refractivity contribution in [1.82, 2.24) is 10.2 Å². The van der Waals surface area contributed by atoms with Crippen molar-refractivity contribution in [1.29, 1.82) is 0 Å². The van der Waals surface area contributed by atoms with Gasteiger partial charge in [0.05, 0.1) is 21.2 Å². The van der Waals surface area contributed by atoms with Crippen LogP contribution in [0.1, 0.15) is 43.9 Å². The Bertz CT molecular complexity index is 1520. The molecule has 3 rings (SSSR count). The average Bonchev–Trinajstić information content (AvgIpc) is 2.96. The molecule has 2 atom stereocenters. The van der Waals surface area contributed by atoms with Crippen molar-refractivity contribution in [2.45, 2.75) is 63.7 Å². The predicted molar refractivity (Wildman–Crippen MR) is 161 cm³/mol. The van der Waals surface area contributed by atoms with Crippen LogP contribution in [0.4, 0.5) is 18.9 Å². The molecule has 0 fully saturated rings. The summed E-state index contributed by atoms with van der Waals surface area (Å²) in [5, 5.41) is 2.22. The van der Waals surface area contributed by atoms with Gasteiger partial charge in [-0.1, -0.05) is 66.6 Å². The number of sulfonamides is 1. The van der Waals surface area contributed by atoms with Crippen molar-refractivity contribution >= 4 is 39.1 Å². The predicted octanol–water partition coefficient (Wildman–Crippen LogP) is 6.24. The number of rotatable bonds is 12. The topological polar surface area (TPSA) is 86.8 Å². The quantitative estimate of drug-likeness (QED) is 0.255. The molecule has 3 aromatic rings. The lowest BCUT2D eigenvalue weighted by molar-refractivity contribution is -0.139. The number of aryl methyl sites for hydroxylation is 1. The van der Waals surface area contributed by atoms with Crippen LogP contribution in [0.3, 0.4) is 0 Å². The number of nitrogens with one attached hydrogen (secondary N) is 1. The number of amides is 2. The van der Waals surface area contributed by atoms with Crippen LogP contribution in [-0.4, -0.2) is 50.3 Å². The minimum absolute atomic E-state index is 0.0603. The molecule has 0 heterocycles. The highest BCUT2D eigenvalue weighted by Crippen LogP contribution is 2.38. The smallest absolute Gasteiger partial charge is 0.352 e. The second-order valence-corrected chi connectivity index (χ2v) is 12.6. The third-order valence-corrected chi connectivity index (χ3v) is 9.20. The highest BCUT2D eigenvalue weighted by Gasteiger charge is 2.37. The minimum atomic E-state index is -4.87. The highest BCUT2D eigenvalue weighted by atomic mass is 35.5. The highest BCUT2D eigenvalue weighted by molar-refractivity contribution is 7.92. The molecule has 0 saturated heterocycles. The van der Waals surface area contributed by atoms with Gasteiger partial charge in [0.2, 0.25) is 11.8 Å². The summed E-state index contributed by atoms with van der Waals surface area (Å²) in [6.45, 7) is 6.19. The molecular weight excluding hydrogens is 603 g/mol. The Balaban J connectivity index is 2.07. The summed E-state index contributed by atoms with van der Waals surface area (Å²) in [5.41, 5.74) is 0.00275. The molecule has 0 radical (unpaired) electrons. The lowest BCUT2D eigenvalue weighted by Crippen LogP contribution is -2.53. The zero-order chi connectivity index (χ0) is 31.9. The van der Waals surface area contributed by atoms with Crippen molar-refractivity contribution in [2.24, 2.45) is 0 Å². The summed E-state index contributed by atoms with van der Waals surface area (Å²) in [6.07, 6.45) is -3.87. The van der Waals surface area contributed by atoms with Gasteiger partial charge in [0, 0.05) is 12.6 Å². The minimum Gasteiger partial charge on any atom is -0.352 e. The second kappa shape index (κ2) is 14.3. The first-order valence-corrected chi connectivity index (χ1v) is 15.6. The largest absolute Gasteiger partial charge is 0.417 e. The fourth-order valence-corrected chi connectivity index (χ4v) is 5.92. The fraction of sp³-hybridized carbons (Fsp3) is 0.355. The molecule has 3 aromatic carbocycles. The standard InChI is InChI=1S/C31H35ClF3N3O4S/c1-5-22(3)36-30(40)23(4)37(18-17-24-9-7-6-8-10-24)29(39)20-38(43(41,42)26-14-11-21(2)12-15-26)25-13-16-28(32)27(19-25)31(33,34)35/h6-16,19,22-23H,5,17-18,20H2,1-4H3,(H,36,40). The molecule has 0 spiro atoms. The number of benzene rings is 3. The van der Waals surface area contributed by atoms with Crippen LogP contribution in [-0.2, 0) is 32.2 Å². The number of hydrogen-bond acceptors (Lipinski definition) is 4. The number of hydrogen-bond donors (Lipinski definition) is 1. The Hall–Kier alpha value is -3.57. The Morgan fingerprint density at radius 1 is 0.977 bits per heavy atom. The summed E-state index contributed by atoms with van der Waals surface area (Å²) < 4.78 is 69.7. The second-order valence-electron chi connectivity index (χ2n) is 10.3. The Morgan fingerprint density at radius 3 is 2.19 bits per heavy atom. The van der Waals surface area contributed by atoms with Crippen LogP contribution in [0.5, 0.6) is 0 Å². The third kappa shape index (κ3) is 8.73. The summed E-state index contributed by atoms with van der Waals surface area (Å²) in [6, 6.07) is 16.4. The van der Waals surface area contributed by atoms with Crippen molar-refractivity contribution in [3.05, 3.63) is 94.5 Å².